The van der Waals surface area contributed by atoms with Gasteiger partial charge in [-0.15, -0.1) is 0 Å². The third-order valence-corrected chi connectivity index (χ3v) is 3.66. The van der Waals surface area contributed by atoms with Crippen molar-refractivity contribution in [1.82, 2.24) is 5.32 Å². The summed E-state index contributed by atoms with van der Waals surface area (Å²) in [7, 11) is 0. The van der Waals surface area contributed by atoms with Crippen LogP contribution in [0.15, 0.2) is 0 Å². The second kappa shape index (κ2) is 5.72. The minimum Gasteiger partial charge on any atom is -0.324 e. The predicted octanol–water partition coefficient (Wildman–Crippen LogP) is 2.28. The van der Waals surface area contributed by atoms with Crippen LogP contribution in [0.2, 0.25) is 0 Å². The van der Waals surface area contributed by atoms with Gasteiger partial charge in [0.1, 0.15) is 0 Å². The van der Waals surface area contributed by atoms with Crippen molar-refractivity contribution in [3.63, 3.8) is 0 Å². The molecule has 1 fully saturated rings. The zero-order valence-electron chi connectivity index (χ0n) is 9.81. The molecule has 0 saturated heterocycles. The molecular formula is C12H26N2. The van der Waals surface area contributed by atoms with Crippen LogP contribution in [0.25, 0.3) is 0 Å². The second-order valence-corrected chi connectivity index (χ2v) is 4.88. The van der Waals surface area contributed by atoms with E-state index in [9.17, 15) is 0 Å². The Morgan fingerprint density at radius 3 is 2.29 bits per heavy atom. The highest BCUT2D eigenvalue weighted by atomic mass is 14.9. The summed E-state index contributed by atoms with van der Waals surface area (Å²) < 4.78 is 0. The van der Waals surface area contributed by atoms with Crippen molar-refractivity contribution < 1.29 is 0 Å². The molecule has 0 radical (unpaired) electrons. The van der Waals surface area contributed by atoms with Gasteiger partial charge >= 0.3 is 0 Å². The van der Waals surface area contributed by atoms with E-state index in [0.717, 1.165) is 19.0 Å². The molecule has 0 atom stereocenters. The molecule has 1 rings (SSSR count). The van der Waals surface area contributed by atoms with Crippen LogP contribution >= 0.6 is 0 Å². The molecule has 14 heavy (non-hydrogen) atoms. The molecule has 0 unspecified atom stereocenters. The highest BCUT2D eigenvalue weighted by Gasteiger charge is 2.28. The smallest absolute Gasteiger partial charge is 0.0280 e. The van der Waals surface area contributed by atoms with E-state index in [1.807, 2.05) is 0 Å². The van der Waals surface area contributed by atoms with E-state index in [1.54, 1.807) is 0 Å². The lowest BCUT2D eigenvalue weighted by molar-refractivity contribution is 0.371. The maximum Gasteiger partial charge on any atom is 0.0280 e. The van der Waals surface area contributed by atoms with E-state index < -0.39 is 0 Å². The number of hydrogen-bond donors (Lipinski definition) is 2. The second-order valence-electron chi connectivity index (χ2n) is 4.88. The first-order valence-electron chi connectivity index (χ1n) is 6.20. The minimum atomic E-state index is 0.117. The monoisotopic (exact) mass is 198 g/mol. The zero-order valence-corrected chi connectivity index (χ0v) is 9.81. The summed E-state index contributed by atoms with van der Waals surface area (Å²) in [5.74, 6) is 0.833. The van der Waals surface area contributed by atoms with Crippen LogP contribution in [0.3, 0.4) is 0 Å². The molecule has 0 spiro atoms. The molecule has 3 N–H and O–H groups in total. The predicted molar refractivity (Wildman–Crippen MR) is 62.3 cm³/mol. The quantitative estimate of drug-likeness (QED) is 0.687. The van der Waals surface area contributed by atoms with Gasteiger partial charge in [-0.1, -0.05) is 39.5 Å². The molecule has 0 amide bonds. The van der Waals surface area contributed by atoms with Crippen molar-refractivity contribution in [2.45, 2.75) is 57.9 Å². The van der Waals surface area contributed by atoms with Crippen LogP contribution < -0.4 is 11.1 Å². The lowest BCUT2D eigenvalue weighted by Gasteiger charge is -2.25. The van der Waals surface area contributed by atoms with Gasteiger partial charge < -0.3 is 11.1 Å². The van der Waals surface area contributed by atoms with Gasteiger partial charge in [-0.3, -0.25) is 0 Å². The molecule has 2 heteroatoms. The van der Waals surface area contributed by atoms with E-state index in [0.29, 0.717) is 0 Å². The molecule has 1 aliphatic rings. The fraction of sp³-hybridized carbons (Fsp3) is 1.00. The van der Waals surface area contributed by atoms with Gasteiger partial charge in [-0.25, -0.2) is 0 Å². The fourth-order valence-corrected chi connectivity index (χ4v) is 2.36. The number of hydrogen-bond acceptors (Lipinski definition) is 2. The first-order chi connectivity index (χ1) is 6.70. The molecule has 0 aromatic rings. The summed E-state index contributed by atoms with van der Waals surface area (Å²) in [6.45, 7) is 6.70. The van der Waals surface area contributed by atoms with Crippen LogP contribution in [-0.2, 0) is 0 Å². The lowest BCUT2D eigenvalue weighted by atomic mass is 9.98. The summed E-state index contributed by atoms with van der Waals surface area (Å²) in [5.41, 5.74) is 6.38. The van der Waals surface area contributed by atoms with Crippen molar-refractivity contribution in [3.8, 4) is 0 Å². The summed E-state index contributed by atoms with van der Waals surface area (Å²) >= 11 is 0. The van der Waals surface area contributed by atoms with E-state index in [-0.39, 0.29) is 5.54 Å². The van der Waals surface area contributed by atoms with E-state index >= 15 is 0 Å². The van der Waals surface area contributed by atoms with E-state index in [1.165, 1.54) is 38.5 Å². The Morgan fingerprint density at radius 1 is 1.21 bits per heavy atom. The van der Waals surface area contributed by atoms with Crippen molar-refractivity contribution in [1.29, 1.82) is 0 Å². The summed E-state index contributed by atoms with van der Waals surface area (Å²) in [6.07, 6.45) is 7.63. The van der Waals surface area contributed by atoms with E-state index in [4.69, 9.17) is 5.73 Å². The third kappa shape index (κ3) is 3.58. The van der Waals surface area contributed by atoms with Crippen molar-refractivity contribution in [3.05, 3.63) is 0 Å². The Hall–Kier alpha value is -0.0800. The van der Waals surface area contributed by atoms with Gasteiger partial charge in [-0.05, 0) is 25.3 Å². The van der Waals surface area contributed by atoms with E-state index in [2.05, 4.69) is 19.2 Å². The minimum absolute atomic E-state index is 0.117. The van der Waals surface area contributed by atoms with Crippen molar-refractivity contribution in [2.75, 3.05) is 13.1 Å². The van der Waals surface area contributed by atoms with Gasteiger partial charge in [0.05, 0.1) is 0 Å². The summed E-state index contributed by atoms with van der Waals surface area (Å²) in [6, 6.07) is 0. The van der Waals surface area contributed by atoms with Crippen LogP contribution in [0.5, 0.6) is 0 Å². The van der Waals surface area contributed by atoms with Gasteiger partial charge in [-0.2, -0.15) is 0 Å². The standard InChI is InChI=1S/C12H26N2/c1-3-11(4-2)9-14-10-12(13)7-5-6-8-12/h11,14H,3-10,13H2,1-2H3. The highest BCUT2D eigenvalue weighted by molar-refractivity contribution is 4.91. The van der Waals surface area contributed by atoms with Gasteiger partial charge in [0, 0.05) is 12.1 Å². The fourth-order valence-electron chi connectivity index (χ4n) is 2.36. The van der Waals surface area contributed by atoms with Crippen LogP contribution in [0.4, 0.5) is 0 Å². The van der Waals surface area contributed by atoms with Gasteiger partial charge in [0.15, 0.2) is 0 Å². The molecule has 0 heterocycles. The zero-order chi connectivity index (χ0) is 10.4. The maximum absolute atomic E-state index is 6.27. The molecule has 2 nitrogen and oxygen atoms in total. The topological polar surface area (TPSA) is 38.0 Å². The number of nitrogens with one attached hydrogen (secondary N) is 1. The van der Waals surface area contributed by atoms with Crippen molar-refractivity contribution in [2.24, 2.45) is 11.7 Å². The first kappa shape index (κ1) is 12.0. The molecule has 0 aromatic heterocycles. The summed E-state index contributed by atoms with van der Waals surface area (Å²) in [4.78, 5) is 0. The SMILES string of the molecule is CCC(CC)CNCC1(N)CCCC1. The summed E-state index contributed by atoms with van der Waals surface area (Å²) in [5, 5.41) is 3.54. The largest absolute Gasteiger partial charge is 0.324 e. The Bertz CT molecular complexity index is 146. The Balaban J connectivity index is 2.13. The number of nitrogens with two attached hydrogens (primary N) is 1. The van der Waals surface area contributed by atoms with Gasteiger partial charge in [0.25, 0.3) is 0 Å². The van der Waals surface area contributed by atoms with Crippen LogP contribution in [-0.4, -0.2) is 18.6 Å². The maximum atomic E-state index is 6.27. The normalized spacial score (nSPS) is 20.6. The highest BCUT2D eigenvalue weighted by Crippen LogP contribution is 2.26. The van der Waals surface area contributed by atoms with Crippen LogP contribution in [0.1, 0.15) is 52.4 Å². The van der Waals surface area contributed by atoms with Gasteiger partial charge in [0.2, 0.25) is 0 Å². The first-order valence-corrected chi connectivity index (χ1v) is 6.20. The molecular weight excluding hydrogens is 172 g/mol. The lowest BCUT2D eigenvalue weighted by Crippen LogP contribution is -2.47. The third-order valence-electron chi connectivity index (χ3n) is 3.66. The Labute approximate surface area is 88.6 Å². The average Bonchev–Trinajstić information content (AvgIpc) is 2.60. The number of rotatable bonds is 6. The molecule has 84 valence electrons. The Kier molecular flexibility index (Phi) is 4.90. The molecule has 0 aliphatic heterocycles. The van der Waals surface area contributed by atoms with Crippen molar-refractivity contribution >= 4 is 0 Å². The molecule has 0 aromatic carbocycles. The average molecular weight is 198 g/mol. The van der Waals surface area contributed by atoms with Crippen LogP contribution in [0, 0.1) is 5.92 Å². The molecule has 0 bridgehead atoms. The molecule has 1 aliphatic carbocycles. The molecule has 1 saturated carbocycles. The Morgan fingerprint density at radius 2 is 1.79 bits per heavy atom.